The van der Waals surface area contributed by atoms with Crippen LogP contribution in [0.15, 0.2) is 27.4 Å². The van der Waals surface area contributed by atoms with E-state index in [1.165, 1.54) is 11.0 Å². The van der Waals surface area contributed by atoms with Gasteiger partial charge in [0.25, 0.3) is 0 Å². The van der Waals surface area contributed by atoms with Crippen molar-refractivity contribution >= 4 is 27.0 Å². The van der Waals surface area contributed by atoms with Gasteiger partial charge in [-0.25, -0.2) is 4.79 Å². The van der Waals surface area contributed by atoms with Crippen molar-refractivity contribution in [1.29, 1.82) is 0 Å². The monoisotopic (exact) mass is 311 g/mol. The number of fused-ring (bicyclic) bond motifs is 1. The van der Waals surface area contributed by atoms with Gasteiger partial charge in [0.1, 0.15) is 0 Å². The SMILES string of the molecule is CCC(C)CC(Br)c1ccc2c(c1)oc(=O)n2C. The summed E-state index contributed by atoms with van der Waals surface area (Å²) in [6, 6.07) is 5.96. The van der Waals surface area contributed by atoms with Crippen LogP contribution in [0.4, 0.5) is 0 Å². The van der Waals surface area contributed by atoms with Crippen molar-refractivity contribution < 1.29 is 4.42 Å². The van der Waals surface area contributed by atoms with Crippen molar-refractivity contribution in [3.8, 4) is 0 Å². The minimum absolute atomic E-state index is 0.308. The molecule has 1 heterocycles. The van der Waals surface area contributed by atoms with Gasteiger partial charge in [-0.05, 0) is 30.0 Å². The lowest BCUT2D eigenvalue weighted by atomic mass is 9.99. The van der Waals surface area contributed by atoms with Gasteiger partial charge >= 0.3 is 5.76 Å². The van der Waals surface area contributed by atoms with Gasteiger partial charge in [-0.3, -0.25) is 4.57 Å². The van der Waals surface area contributed by atoms with Crippen LogP contribution in [0.1, 0.15) is 37.1 Å². The number of hydrogen-bond acceptors (Lipinski definition) is 2. The van der Waals surface area contributed by atoms with E-state index in [2.05, 4.69) is 35.8 Å². The number of alkyl halides is 1. The first-order valence-corrected chi connectivity index (χ1v) is 7.18. The zero-order valence-corrected chi connectivity index (χ0v) is 12.5. The number of aromatic nitrogens is 1. The Morgan fingerprint density at radius 2 is 2.17 bits per heavy atom. The topological polar surface area (TPSA) is 35.1 Å². The maximum atomic E-state index is 11.4. The molecule has 4 heteroatoms. The Morgan fingerprint density at radius 1 is 1.44 bits per heavy atom. The first-order chi connectivity index (χ1) is 8.52. The smallest absolute Gasteiger partial charge is 0.408 e. The number of nitrogens with zero attached hydrogens (tertiary/aromatic N) is 1. The van der Waals surface area contributed by atoms with Crippen molar-refractivity contribution in [2.75, 3.05) is 0 Å². The van der Waals surface area contributed by atoms with E-state index < -0.39 is 0 Å². The van der Waals surface area contributed by atoms with Gasteiger partial charge in [-0.2, -0.15) is 0 Å². The molecule has 1 aromatic carbocycles. The second-order valence-electron chi connectivity index (χ2n) is 4.87. The van der Waals surface area contributed by atoms with E-state index in [4.69, 9.17) is 4.42 Å². The van der Waals surface area contributed by atoms with Crippen LogP contribution < -0.4 is 5.76 Å². The second-order valence-corrected chi connectivity index (χ2v) is 5.98. The first kappa shape index (κ1) is 13.4. The molecule has 2 aromatic rings. The van der Waals surface area contributed by atoms with Crippen LogP contribution in [0.5, 0.6) is 0 Å². The van der Waals surface area contributed by atoms with Crippen LogP contribution in [0.3, 0.4) is 0 Å². The van der Waals surface area contributed by atoms with Crippen LogP contribution in [-0.2, 0) is 7.05 Å². The molecule has 0 radical (unpaired) electrons. The minimum Gasteiger partial charge on any atom is -0.408 e. The molecule has 2 unspecified atom stereocenters. The molecule has 0 saturated heterocycles. The van der Waals surface area contributed by atoms with E-state index in [1.807, 2.05) is 12.1 Å². The fourth-order valence-corrected chi connectivity index (χ4v) is 2.92. The van der Waals surface area contributed by atoms with Crippen molar-refractivity contribution in [1.82, 2.24) is 4.57 Å². The van der Waals surface area contributed by atoms with Crippen molar-refractivity contribution in [2.45, 2.75) is 31.5 Å². The van der Waals surface area contributed by atoms with E-state index in [1.54, 1.807) is 7.05 Å². The van der Waals surface area contributed by atoms with Crippen LogP contribution in [0, 0.1) is 5.92 Å². The van der Waals surface area contributed by atoms with E-state index in [0.29, 0.717) is 16.3 Å². The highest BCUT2D eigenvalue weighted by Gasteiger charge is 2.14. The van der Waals surface area contributed by atoms with Gasteiger partial charge in [0.05, 0.1) is 5.52 Å². The van der Waals surface area contributed by atoms with Gasteiger partial charge < -0.3 is 4.42 Å². The van der Waals surface area contributed by atoms with Gasteiger partial charge in [-0.1, -0.05) is 42.3 Å². The molecule has 0 spiro atoms. The average molecular weight is 312 g/mol. The Hall–Kier alpha value is -1.03. The summed E-state index contributed by atoms with van der Waals surface area (Å²) < 4.78 is 6.73. The summed E-state index contributed by atoms with van der Waals surface area (Å²) in [5.41, 5.74) is 2.66. The molecule has 0 N–H and O–H groups in total. The van der Waals surface area contributed by atoms with Crippen molar-refractivity contribution in [3.63, 3.8) is 0 Å². The quantitative estimate of drug-likeness (QED) is 0.800. The standard InChI is InChI=1S/C14H18BrNO2/c1-4-9(2)7-11(15)10-5-6-12-13(8-10)18-14(17)16(12)3/h5-6,8-9,11H,4,7H2,1-3H3. The molecule has 0 fully saturated rings. The molecule has 0 aliphatic rings. The molecule has 0 aliphatic heterocycles. The van der Waals surface area contributed by atoms with E-state index in [0.717, 1.165) is 17.5 Å². The molecule has 3 nitrogen and oxygen atoms in total. The number of hydrogen-bond donors (Lipinski definition) is 0. The Labute approximate surface area is 115 Å². The third-order valence-electron chi connectivity index (χ3n) is 3.48. The zero-order valence-electron chi connectivity index (χ0n) is 10.9. The van der Waals surface area contributed by atoms with Crippen LogP contribution in [-0.4, -0.2) is 4.57 Å². The maximum Gasteiger partial charge on any atom is 0.419 e. The van der Waals surface area contributed by atoms with Gasteiger partial charge in [-0.15, -0.1) is 0 Å². The molecule has 0 bridgehead atoms. The third-order valence-corrected chi connectivity index (χ3v) is 4.39. The Bertz CT molecular complexity index is 599. The lowest BCUT2D eigenvalue weighted by molar-refractivity contribution is 0.513. The summed E-state index contributed by atoms with van der Waals surface area (Å²) in [5.74, 6) is 0.364. The summed E-state index contributed by atoms with van der Waals surface area (Å²) in [7, 11) is 1.72. The van der Waals surface area contributed by atoms with Gasteiger partial charge in [0, 0.05) is 11.9 Å². The van der Waals surface area contributed by atoms with Crippen molar-refractivity contribution in [3.05, 3.63) is 34.3 Å². The summed E-state index contributed by atoms with van der Waals surface area (Å²) in [5, 5.41) is 0. The average Bonchev–Trinajstić information content (AvgIpc) is 2.64. The fourth-order valence-electron chi connectivity index (χ4n) is 2.00. The molecule has 1 aromatic heterocycles. The van der Waals surface area contributed by atoms with Crippen LogP contribution in [0.25, 0.3) is 11.1 Å². The highest BCUT2D eigenvalue weighted by atomic mass is 79.9. The molecule has 0 amide bonds. The lowest BCUT2D eigenvalue weighted by Crippen LogP contribution is -2.08. The number of halogens is 1. The van der Waals surface area contributed by atoms with E-state index in [9.17, 15) is 4.79 Å². The number of benzene rings is 1. The molecule has 98 valence electrons. The highest BCUT2D eigenvalue weighted by Crippen LogP contribution is 2.32. The van der Waals surface area contributed by atoms with Crippen LogP contribution >= 0.6 is 15.9 Å². The number of oxazole rings is 1. The third kappa shape index (κ3) is 2.53. The number of aryl methyl sites for hydroxylation is 1. The molecule has 2 rings (SSSR count). The lowest BCUT2D eigenvalue weighted by Gasteiger charge is -2.14. The Morgan fingerprint density at radius 3 is 2.83 bits per heavy atom. The summed E-state index contributed by atoms with van der Waals surface area (Å²) in [6.07, 6.45) is 2.25. The molecule has 0 saturated carbocycles. The second kappa shape index (κ2) is 5.31. The van der Waals surface area contributed by atoms with Crippen LogP contribution in [0.2, 0.25) is 0 Å². The molecule has 18 heavy (non-hydrogen) atoms. The van der Waals surface area contributed by atoms with E-state index >= 15 is 0 Å². The maximum absolute atomic E-state index is 11.4. The molecular formula is C14H18BrNO2. The minimum atomic E-state index is -0.310. The van der Waals surface area contributed by atoms with E-state index in [-0.39, 0.29) is 5.76 Å². The largest absolute Gasteiger partial charge is 0.419 e. The number of rotatable bonds is 4. The Balaban J connectivity index is 2.32. The summed E-state index contributed by atoms with van der Waals surface area (Å²) in [4.78, 5) is 11.7. The van der Waals surface area contributed by atoms with Gasteiger partial charge in [0.15, 0.2) is 5.58 Å². The first-order valence-electron chi connectivity index (χ1n) is 6.26. The van der Waals surface area contributed by atoms with Crippen molar-refractivity contribution in [2.24, 2.45) is 13.0 Å². The van der Waals surface area contributed by atoms with Gasteiger partial charge in [0.2, 0.25) is 0 Å². The fraction of sp³-hybridized carbons (Fsp3) is 0.500. The predicted octanol–water partition coefficient (Wildman–Crippen LogP) is 4.00. The highest BCUT2D eigenvalue weighted by molar-refractivity contribution is 9.09. The normalized spacial score (nSPS) is 14.9. The summed E-state index contributed by atoms with van der Waals surface area (Å²) >= 11 is 3.71. The predicted molar refractivity (Wildman–Crippen MR) is 77.2 cm³/mol. The molecular weight excluding hydrogens is 294 g/mol. The molecule has 2 atom stereocenters. The summed E-state index contributed by atoms with van der Waals surface area (Å²) in [6.45, 7) is 4.44. The zero-order chi connectivity index (χ0) is 13.3. The molecule has 0 aliphatic carbocycles. The Kier molecular flexibility index (Phi) is 3.95.